The van der Waals surface area contributed by atoms with Crippen LogP contribution in [0.5, 0.6) is 0 Å². The zero-order valence-corrected chi connectivity index (χ0v) is 13.3. The molecule has 0 saturated heterocycles. The van der Waals surface area contributed by atoms with Gasteiger partial charge in [0.2, 0.25) is 0 Å². The Morgan fingerprint density at radius 2 is 2.25 bits per heavy atom. The van der Waals surface area contributed by atoms with Crippen molar-refractivity contribution in [1.29, 1.82) is 0 Å². The summed E-state index contributed by atoms with van der Waals surface area (Å²) in [7, 11) is 0. The highest BCUT2D eigenvalue weighted by Gasteiger charge is 2.16. The molecule has 7 nitrogen and oxygen atoms in total. The molecule has 0 bridgehead atoms. The van der Waals surface area contributed by atoms with Crippen LogP contribution in [0.2, 0.25) is 5.02 Å². The van der Waals surface area contributed by atoms with Crippen LogP contribution in [0.25, 0.3) is 22.6 Å². The highest BCUT2D eigenvalue weighted by atomic mass is 35.5. The number of nitrogens with one attached hydrogen (secondary N) is 3. The normalized spacial score (nSPS) is 11.1. The number of aromatic nitrogens is 4. The molecule has 3 aromatic heterocycles. The molecule has 0 aliphatic rings. The van der Waals surface area contributed by atoms with Crippen molar-refractivity contribution >= 4 is 34.2 Å². The fourth-order valence-electron chi connectivity index (χ4n) is 2.41. The molecule has 1 aromatic carbocycles. The summed E-state index contributed by atoms with van der Waals surface area (Å²) in [5.74, 6) is 0.271. The first-order valence-corrected chi connectivity index (χ1v) is 7.53. The third kappa shape index (κ3) is 2.44. The first kappa shape index (κ1) is 14.5. The summed E-state index contributed by atoms with van der Waals surface area (Å²) >= 11 is 6.14. The number of rotatable bonds is 3. The van der Waals surface area contributed by atoms with Gasteiger partial charge in [0, 0.05) is 5.02 Å². The number of halogens is 1. The molecule has 4 rings (SSSR count). The zero-order chi connectivity index (χ0) is 16.7. The van der Waals surface area contributed by atoms with E-state index in [1.165, 1.54) is 18.7 Å². The first-order chi connectivity index (χ1) is 11.6. The number of benzene rings is 1. The molecule has 0 aliphatic heterocycles. The monoisotopic (exact) mass is 341 g/mol. The predicted molar refractivity (Wildman–Crippen MR) is 90.1 cm³/mol. The summed E-state index contributed by atoms with van der Waals surface area (Å²) in [6.07, 6.45) is 4.34. The van der Waals surface area contributed by atoms with Crippen LogP contribution < -0.4 is 5.32 Å². The number of furan rings is 1. The van der Waals surface area contributed by atoms with E-state index in [0.29, 0.717) is 27.8 Å². The van der Waals surface area contributed by atoms with Crippen LogP contribution in [0, 0.1) is 6.92 Å². The van der Waals surface area contributed by atoms with Gasteiger partial charge in [0.15, 0.2) is 5.82 Å². The second-order valence-corrected chi connectivity index (χ2v) is 5.74. The maximum absolute atomic E-state index is 12.2. The Kier molecular flexibility index (Phi) is 3.35. The molecule has 4 aromatic rings. The van der Waals surface area contributed by atoms with Gasteiger partial charge in [-0.05, 0) is 30.7 Å². The number of fused-ring (bicyclic) bond motifs is 1. The van der Waals surface area contributed by atoms with Crippen molar-refractivity contribution < 1.29 is 9.21 Å². The molecular weight excluding hydrogens is 330 g/mol. The number of anilines is 1. The minimum atomic E-state index is -0.290. The van der Waals surface area contributed by atoms with E-state index >= 15 is 0 Å². The maximum atomic E-state index is 12.2. The maximum Gasteiger partial charge on any atom is 0.259 e. The van der Waals surface area contributed by atoms with Gasteiger partial charge < -0.3 is 14.7 Å². The van der Waals surface area contributed by atoms with Crippen LogP contribution in [0.1, 0.15) is 15.9 Å². The predicted octanol–water partition coefficient (Wildman–Crippen LogP) is 3.76. The van der Waals surface area contributed by atoms with Crippen molar-refractivity contribution in [3.8, 4) is 11.5 Å². The van der Waals surface area contributed by atoms with E-state index in [1.807, 2.05) is 13.0 Å². The minimum absolute atomic E-state index is 0.290. The molecule has 1 amide bonds. The number of carbonyl (C=O) groups excluding carboxylic acids is 1. The molecule has 3 heterocycles. The summed E-state index contributed by atoms with van der Waals surface area (Å²) in [5, 5.41) is 10.3. The number of imidazole rings is 1. The third-order valence-electron chi connectivity index (χ3n) is 3.67. The lowest BCUT2D eigenvalue weighted by Crippen LogP contribution is -2.11. The molecule has 0 atom stereocenters. The molecular formula is C16H12ClN5O2. The van der Waals surface area contributed by atoms with E-state index in [2.05, 4.69) is 25.5 Å². The second-order valence-electron chi connectivity index (χ2n) is 5.33. The van der Waals surface area contributed by atoms with E-state index < -0.39 is 0 Å². The first-order valence-electron chi connectivity index (χ1n) is 7.15. The van der Waals surface area contributed by atoms with Crippen LogP contribution in [0.4, 0.5) is 5.69 Å². The van der Waals surface area contributed by atoms with Gasteiger partial charge in [-0.15, -0.1) is 0 Å². The highest BCUT2D eigenvalue weighted by molar-refractivity contribution is 6.32. The van der Waals surface area contributed by atoms with Crippen LogP contribution in [0.3, 0.4) is 0 Å². The van der Waals surface area contributed by atoms with Gasteiger partial charge in [0.1, 0.15) is 12.0 Å². The van der Waals surface area contributed by atoms with Crippen molar-refractivity contribution in [2.45, 2.75) is 6.92 Å². The fraction of sp³-hybridized carbons (Fsp3) is 0.0625. The van der Waals surface area contributed by atoms with E-state index in [0.717, 1.165) is 16.6 Å². The standard InChI is InChI=1S/C16H12ClN5O2/c1-8-4-11-12(5-10(8)17)20-15(19-11)14-13(6-18-22-14)21-16(23)9-2-3-24-7-9/h2-7H,1H3,(H,18,22)(H,19,20)(H,21,23). The van der Waals surface area contributed by atoms with Gasteiger partial charge in [0.25, 0.3) is 5.91 Å². The Balaban J connectivity index is 1.70. The molecule has 0 aliphatic carbocycles. The quantitative estimate of drug-likeness (QED) is 0.528. The van der Waals surface area contributed by atoms with Gasteiger partial charge in [-0.1, -0.05) is 11.6 Å². The topological polar surface area (TPSA) is 99.6 Å². The summed E-state index contributed by atoms with van der Waals surface area (Å²) in [4.78, 5) is 19.9. The summed E-state index contributed by atoms with van der Waals surface area (Å²) in [6.45, 7) is 1.93. The van der Waals surface area contributed by atoms with Crippen LogP contribution in [-0.4, -0.2) is 26.1 Å². The van der Waals surface area contributed by atoms with E-state index in [4.69, 9.17) is 16.0 Å². The number of amides is 1. The number of aryl methyl sites for hydroxylation is 1. The average Bonchev–Trinajstić information content (AvgIpc) is 3.26. The van der Waals surface area contributed by atoms with Crippen molar-refractivity contribution in [3.63, 3.8) is 0 Å². The number of hydrogen-bond acceptors (Lipinski definition) is 4. The summed E-state index contributed by atoms with van der Waals surface area (Å²) in [6, 6.07) is 5.31. The lowest BCUT2D eigenvalue weighted by Gasteiger charge is -2.02. The third-order valence-corrected chi connectivity index (χ3v) is 4.08. The number of nitrogens with zero attached hydrogens (tertiary/aromatic N) is 2. The van der Waals surface area contributed by atoms with Crippen molar-refractivity contribution in [2.75, 3.05) is 5.32 Å². The number of hydrogen-bond donors (Lipinski definition) is 3. The van der Waals surface area contributed by atoms with Crippen LogP contribution in [0.15, 0.2) is 41.3 Å². The van der Waals surface area contributed by atoms with Gasteiger partial charge >= 0.3 is 0 Å². The fourth-order valence-corrected chi connectivity index (χ4v) is 2.57. The van der Waals surface area contributed by atoms with Gasteiger partial charge in [0.05, 0.1) is 34.7 Å². The van der Waals surface area contributed by atoms with Crippen molar-refractivity contribution in [2.24, 2.45) is 0 Å². The van der Waals surface area contributed by atoms with Crippen molar-refractivity contribution in [3.05, 3.63) is 53.1 Å². The summed E-state index contributed by atoms with van der Waals surface area (Å²) in [5.41, 5.74) is 4.07. The molecule has 8 heteroatoms. The lowest BCUT2D eigenvalue weighted by molar-refractivity contribution is 0.102. The van der Waals surface area contributed by atoms with Gasteiger partial charge in [-0.25, -0.2) is 4.98 Å². The number of aromatic amines is 2. The van der Waals surface area contributed by atoms with Crippen molar-refractivity contribution in [1.82, 2.24) is 20.2 Å². The molecule has 120 valence electrons. The average molecular weight is 342 g/mol. The molecule has 24 heavy (non-hydrogen) atoms. The Hall–Kier alpha value is -3.06. The Bertz CT molecular complexity index is 993. The van der Waals surface area contributed by atoms with E-state index in [1.54, 1.807) is 12.1 Å². The smallest absolute Gasteiger partial charge is 0.259 e. The lowest BCUT2D eigenvalue weighted by atomic mass is 10.2. The van der Waals surface area contributed by atoms with E-state index in [9.17, 15) is 4.79 Å². The Morgan fingerprint density at radius 1 is 1.38 bits per heavy atom. The highest BCUT2D eigenvalue weighted by Crippen LogP contribution is 2.28. The van der Waals surface area contributed by atoms with Crippen LogP contribution >= 0.6 is 11.6 Å². The molecule has 0 spiro atoms. The molecule has 0 fully saturated rings. The molecule has 3 N–H and O–H groups in total. The Morgan fingerprint density at radius 3 is 3.04 bits per heavy atom. The van der Waals surface area contributed by atoms with Gasteiger partial charge in [-0.3, -0.25) is 9.89 Å². The minimum Gasteiger partial charge on any atom is -0.472 e. The molecule has 0 radical (unpaired) electrons. The molecule has 0 saturated carbocycles. The van der Waals surface area contributed by atoms with E-state index in [-0.39, 0.29) is 5.91 Å². The summed E-state index contributed by atoms with van der Waals surface area (Å²) < 4.78 is 4.92. The SMILES string of the molecule is Cc1cc2[nH]c(-c3[nH]ncc3NC(=O)c3ccoc3)nc2cc1Cl. The number of carbonyl (C=O) groups is 1. The zero-order valence-electron chi connectivity index (χ0n) is 12.6. The Labute approximate surface area is 141 Å². The molecule has 0 unspecified atom stereocenters. The van der Waals surface area contributed by atoms with Crippen LogP contribution in [-0.2, 0) is 0 Å². The second kappa shape index (κ2) is 5.54. The van der Waals surface area contributed by atoms with Gasteiger partial charge in [-0.2, -0.15) is 5.10 Å². The largest absolute Gasteiger partial charge is 0.472 e. The number of H-pyrrole nitrogens is 2.